The van der Waals surface area contributed by atoms with Crippen molar-refractivity contribution in [3.63, 3.8) is 0 Å². The average Bonchev–Trinajstić information content (AvgIpc) is 2.99. The molecule has 26 heavy (non-hydrogen) atoms. The number of aryl methyl sites for hydroxylation is 1. The van der Waals surface area contributed by atoms with Crippen LogP contribution in [0.25, 0.3) is 0 Å². The molecule has 0 saturated heterocycles. The lowest BCUT2D eigenvalue weighted by atomic mass is 10.1. The van der Waals surface area contributed by atoms with Crippen LogP contribution in [0, 0.1) is 18.6 Å². The molecule has 0 aliphatic heterocycles. The highest BCUT2D eigenvalue weighted by Gasteiger charge is 2.18. The van der Waals surface area contributed by atoms with E-state index < -0.39 is 22.9 Å². The van der Waals surface area contributed by atoms with Crippen LogP contribution < -0.4 is 10.6 Å². The molecule has 1 aromatic carbocycles. The van der Waals surface area contributed by atoms with Crippen molar-refractivity contribution < 1.29 is 22.9 Å². The van der Waals surface area contributed by atoms with Crippen molar-refractivity contribution in [2.24, 2.45) is 0 Å². The van der Waals surface area contributed by atoms with E-state index in [0.29, 0.717) is 17.1 Å². The number of nitrogens with one attached hydrogen (secondary N) is 2. The molecule has 0 radical (unpaired) electrons. The summed E-state index contributed by atoms with van der Waals surface area (Å²) in [7, 11) is 0. The van der Waals surface area contributed by atoms with E-state index in [1.165, 1.54) is 6.07 Å². The Morgan fingerprint density at radius 3 is 2.58 bits per heavy atom. The zero-order valence-corrected chi connectivity index (χ0v) is 15.3. The van der Waals surface area contributed by atoms with Gasteiger partial charge in [0.05, 0.1) is 17.0 Å². The molecule has 1 heterocycles. The maximum atomic E-state index is 13.3. The van der Waals surface area contributed by atoms with E-state index in [0.717, 1.165) is 23.9 Å². The molecule has 2 atom stereocenters. The maximum absolute atomic E-state index is 13.3. The lowest BCUT2D eigenvalue weighted by Crippen LogP contribution is -2.30. The molecule has 9 heteroatoms. The van der Waals surface area contributed by atoms with Gasteiger partial charge in [0.15, 0.2) is 17.5 Å². The standard InChI is InChI=1S/C17H19F2N3O3S/c1-9-6-15(22-25-9)21-17(24)11(3)26-8-16(23)20-10(2)12-4-5-13(18)14(19)7-12/h4-7,10-11H,8H2,1-3H3,(H,20,23)(H,21,22,24). The van der Waals surface area contributed by atoms with E-state index in [9.17, 15) is 18.4 Å². The lowest BCUT2D eigenvalue weighted by Gasteiger charge is -2.15. The quantitative estimate of drug-likeness (QED) is 0.767. The molecule has 2 unspecified atom stereocenters. The minimum atomic E-state index is -0.966. The smallest absolute Gasteiger partial charge is 0.238 e. The number of hydrogen-bond donors (Lipinski definition) is 2. The Kier molecular flexibility index (Phi) is 6.73. The molecule has 6 nitrogen and oxygen atoms in total. The largest absolute Gasteiger partial charge is 0.360 e. The molecule has 0 saturated carbocycles. The normalized spacial score (nSPS) is 13.1. The number of thioether (sulfide) groups is 1. The predicted molar refractivity (Wildman–Crippen MR) is 94.7 cm³/mol. The summed E-state index contributed by atoms with van der Waals surface area (Å²) >= 11 is 1.14. The number of carbonyl (C=O) groups excluding carboxylic acids is 2. The summed E-state index contributed by atoms with van der Waals surface area (Å²) < 4.78 is 31.1. The minimum absolute atomic E-state index is 0.0421. The summed E-state index contributed by atoms with van der Waals surface area (Å²) in [5.41, 5.74) is 0.453. The summed E-state index contributed by atoms with van der Waals surface area (Å²) in [4.78, 5) is 24.0. The first-order chi connectivity index (χ1) is 12.3. The maximum Gasteiger partial charge on any atom is 0.238 e. The Bertz CT molecular complexity index is 797. The number of carbonyl (C=O) groups is 2. The van der Waals surface area contributed by atoms with Crippen LogP contribution in [0.15, 0.2) is 28.8 Å². The van der Waals surface area contributed by atoms with Gasteiger partial charge in [0.2, 0.25) is 11.8 Å². The van der Waals surface area contributed by atoms with Gasteiger partial charge < -0.3 is 15.2 Å². The highest BCUT2D eigenvalue weighted by Crippen LogP contribution is 2.17. The van der Waals surface area contributed by atoms with Crippen LogP contribution in [0.1, 0.15) is 31.2 Å². The first-order valence-corrected chi connectivity index (χ1v) is 8.91. The molecule has 2 amide bonds. The van der Waals surface area contributed by atoms with Gasteiger partial charge in [0, 0.05) is 6.07 Å². The van der Waals surface area contributed by atoms with Gasteiger partial charge in [-0.1, -0.05) is 11.2 Å². The number of halogens is 2. The van der Waals surface area contributed by atoms with E-state index in [2.05, 4.69) is 15.8 Å². The monoisotopic (exact) mass is 383 g/mol. The highest BCUT2D eigenvalue weighted by atomic mass is 32.2. The number of aromatic nitrogens is 1. The fraction of sp³-hybridized carbons (Fsp3) is 0.353. The second-order valence-electron chi connectivity index (χ2n) is 5.73. The van der Waals surface area contributed by atoms with Gasteiger partial charge in [0.25, 0.3) is 0 Å². The molecule has 0 fully saturated rings. The second kappa shape index (κ2) is 8.79. The molecule has 2 aromatic rings. The Labute approximate surface area is 153 Å². The summed E-state index contributed by atoms with van der Waals surface area (Å²) in [6.45, 7) is 5.04. The summed E-state index contributed by atoms with van der Waals surface area (Å²) in [5, 5.41) is 8.45. The SMILES string of the molecule is Cc1cc(NC(=O)C(C)SCC(=O)NC(C)c2ccc(F)c(F)c2)no1. The topological polar surface area (TPSA) is 84.2 Å². The van der Waals surface area contributed by atoms with Crippen molar-refractivity contribution in [3.05, 3.63) is 47.2 Å². The van der Waals surface area contributed by atoms with Crippen molar-refractivity contribution in [2.45, 2.75) is 32.1 Å². The van der Waals surface area contributed by atoms with Crippen LogP contribution >= 0.6 is 11.8 Å². The molecule has 140 valence electrons. The Morgan fingerprint density at radius 1 is 1.23 bits per heavy atom. The van der Waals surface area contributed by atoms with Crippen molar-refractivity contribution in [1.82, 2.24) is 10.5 Å². The van der Waals surface area contributed by atoms with E-state index >= 15 is 0 Å². The van der Waals surface area contributed by atoms with E-state index in [-0.39, 0.29) is 17.6 Å². The average molecular weight is 383 g/mol. The molecule has 0 bridgehead atoms. The Morgan fingerprint density at radius 2 is 1.96 bits per heavy atom. The third-order valence-corrected chi connectivity index (χ3v) is 4.68. The highest BCUT2D eigenvalue weighted by molar-refractivity contribution is 8.01. The zero-order valence-electron chi connectivity index (χ0n) is 14.5. The molecule has 2 rings (SSSR count). The van der Waals surface area contributed by atoms with E-state index in [1.807, 2.05) is 0 Å². The molecule has 2 N–H and O–H groups in total. The summed E-state index contributed by atoms with van der Waals surface area (Å²) in [5.74, 6) is -1.59. The molecule has 0 aliphatic carbocycles. The zero-order chi connectivity index (χ0) is 19.3. The van der Waals surface area contributed by atoms with Gasteiger partial charge in [0.1, 0.15) is 5.76 Å². The van der Waals surface area contributed by atoms with Crippen LogP contribution in [0.4, 0.5) is 14.6 Å². The van der Waals surface area contributed by atoms with E-state index in [4.69, 9.17) is 4.52 Å². The van der Waals surface area contributed by atoms with Crippen LogP contribution in [0.2, 0.25) is 0 Å². The third kappa shape index (κ3) is 5.55. The fourth-order valence-corrected chi connectivity index (χ4v) is 2.77. The Balaban J connectivity index is 1.79. The van der Waals surface area contributed by atoms with Crippen molar-refractivity contribution in [3.8, 4) is 0 Å². The molecule has 0 aliphatic rings. The van der Waals surface area contributed by atoms with Gasteiger partial charge in [-0.2, -0.15) is 0 Å². The summed E-state index contributed by atoms with van der Waals surface area (Å²) in [6, 6.07) is 4.57. The van der Waals surface area contributed by atoms with Crippen LogP contribution in [0.3, 0.4) is 0 Å². The predicted octanol–water partition coefficient (Wildman–Crippen LogP) is 3.20. The van der Waals surface area contributed by atoms with Crippen molar-refractivity contribution in [1.29, 1.82) is 0 Å². The molecular formula is C17H19F2N3O3S. The van der Waals surface area contributed by atoms with Gasteiger partial charge in [-0.15, -0.1) is 11.8 Å². The number of benzene rings is 1. The van der Waals surface area contributed by atoms with Crippen LogP contribution in [-0.2, 0) is 9.59 Å². The lowest BCUT2D eigenvalue weighted by molar-refractivity contribution is -0.119. The minimum Gasteiger partial charge on any atom is -0.360 e. The van der Waals surface area contributed by atoms with Gasteiger partial charge >= 0.3 is 0 Å². The van der Waals surface area contributed by atoms with Crippen molar-refractivity contribution in [2.75, 3.05) is 11.1 Å². The number of amides is 2. The van der Waals surface area contributed by atoms with Crippen LogP contribution in [-0.4, -0.2) is 28.0 Å². The first-order valence-electron chi connectivity index (χ1n) is 7.86. The number of nitrogens with zero attached hydrogens (tertiary/aromatic N) is 1. The van der Waals surface area contributed by atoms with Crippen LogP contribution in [0.5, 0.6) is 0 Å². The molecule has 0 spiro atoms. The number of rotatable bonds is 7. The molecule has 1 aromatic heterocycles. The molecular weight excluding hydrogens is 364 g/mol. The van der Waals surface area contributed by atoms with Gasteiger partial charge in [-0.3, -0.25) is 9.59 Å². The van der Waals surface area contributed by atoms with E-state index in [1.54, 1.807) is 26.8 Å². The number of anilines is 1. The Hall–Kier alpha value is -2.42. The summed E-state index contributed by atoms with van der Waals surface area (Å²) in [6.07, 6.45) is 0. The van der Waals surface area contributed by atoms with Gasteiger partial charge in [-0.25, -0.2) is 8.78 Å². The van der Waals surface area contributed by atoms with Crippen molar-refractivity contribution >= 4 is 29.4 Å². The van der Waals surface area contributed by atoms with Gasteiger partial charge in [-0.05, 0) is 38.5 Å². The fourth-order valence-electron chi connectivity index (χ4n) is 2.08. The second-order valence-corrected chi connectivity index (χ2v) is 7.06. The first kappa shape index (κ1) is 19.9. The number of hydrogen-bond acceptors (Lipinski definition) is 5. The third-order valence-electron chi connectivity index (χ3n) is 3.53.